The van der Waals surface area contributed by atoms with Crippen molar-refractivity contribution in [1.29, 1.82) is 0 Å². The van der Waals surface area contributed by atoms with Gasteiger partial charge in [0.05, 0.1) is 21.3 Å². The van der Waals surface area contributed by atoms with Gasteiger partial charge in [-0.25, -0.2) is 4.98 Å². The first kappa shape index (κ1) is 19.3. The molecule has 1 atom stereocenters. The molecular weight excluding hydrogens is 364 g/mol. The molecule has 0 amide bonds. The first-order valence-electron chi connectivity index (χ1n) is 9.80. The van der Waals surface area contributed by atoms with Gasteiger partial charge in [-0.3, -0.25) is 0 Å². The van der Waals surface area contributed by atoms with E-state index < -0.39 is 0 Å². The Hall–Kier alpha value is -3.05. The fraction of sp³-hybridized carbons (Fsp3) is 0.292. The summed E-state index contributed by atoms with van der Waals surface area (Å²) < 4.78 is 16.4. The zero-order valence-corrected chi connectivity index (χ0v) is 17.1. The molecule has 0 fully saturated rings. The SMILES string of the molecule is COc1cc2c(cc1OC)C(Cc1ccc(-c3cccnc3OC)cc1)NCC2. The number of methoxy groups -OCH3 is 3. The molecule has 5 heteroatoms. The first-order valence-corrected chi connectivity index (χ1v) is 9.80. The van der Waals surface area contributed by atoms with E-state index in [0.29, 0.717) is 5.88 Å². The van der Waals surface area contributed by atoms with E-state index in [0.717, 1.165) is 42.0 Å². The van der Waals surface area contributed by atoms with E-state index in [4.69, 9.17) is 14.2 Å². The van der Waals surface area contributed by atoms with Gasteiger partial charge in [-0.1, -0.05) is 24.3 Å². The molecular formula is C24H26N2O3. The summed E-state index contributed by atoms with van der Waals surface area (Å²) in [5.41, 5.74) is 5.98. The zero-order valence-electron chi connectivity index (χ0n) is 17.1. The molecule has 1 aliphatic rings. The minimum atomic E-state index is 0.248. The Balaban J connectivity index is 1.58. The molecule has 5 nitrogen and oxygen atoms in total. The number of benzene rings is 2. The van der Waals surface area contributed by atoms with E-state index in [1.165, 1.54) is 16.7 Å². The Morgan fingerprint density at radius 3 is 2.45 bits per heavy atom. The van der Waals surface area contributed by atoms with Crippen LogP contribution in [0.3, 0.4) is 0 Å². The molecule has 0 saturated heterocycles. The van der Waals surface area contributed by atoms with Crippen molar-refractivity contribution >= 4 is 0 Å². The molecule has 2 aromatic carbocycles. The second-order valence-electron chi connectivity index (χ2n) is 7.12. The molecule has 29 heavy (non-hydrogen) atoms. The number of rotatable bonds is 6. The van der Waals surface area contributed by atoms with Crippen LogP contribution >= 0.6 is 0 Å². The molecule has 0 spiro atoms. The highest BCUT2D eigenvalue weighted by Gasteiger charge is 2.23. The van der Waals surface area contributed by atoms with E-state index in [9.17, 15) is 0 Å². The average Bonchev–Trinajstić information content (AvgIpc) is 2.79. The lowest BCUT2D eigenvalue weighted by molar-refractivity contribution is 0.352. The van der Waals surface area contributed by atoms with E-state index in [-0.39, 0.29) is 6.04 Å². The number of nitrogens with zero attached hydrogens (tertiary/aromatic N) is 1. The molecule has 2 heterocycles. The second-order valence-corrected chi connectivity index (χ2v) is 7.12. The van der Waals surface area contributed by atoms with Crippen molar-refractivity contribution in [3.8, 4) is 28.5 Å². The van der Waals surface area contributed by atoms with Crippen molar-refractivity contribution in [2.24, 2.45) is 0 Å². The maximum absolute atomic E-state index is 5.52. The van der Waals surface area contributed by atoms with Crippen LogP contribution in [0.25, 0.3) is 11.1 Å². The predicted octanol–water partition coefficient (Wildman–Crippen LogP) is 4.20. The minimum absolute atomic E-state index is 0.248. The summed E-state index contributed by atoms with van der Waals surface area (Å²) in [7, 11) is 5.01. The fourth-order valence-corrected chi connectivity index (χ4v) is 3.98. The summed E-state index contributed by atoms with van der Waals surface area (Å²) in [6.07, 6.45) is 3.64. The number of ether oxygens (including phenoxy) is 3. The Bertz CT molecular complexity index is 986. The van der Waals surface area contributed by atoms with Gasteiger partial charge in [0.1, 0.15) is 0 Å². The number of aromatic nitrogens is 1. The highest BCUT2D eigenvalue weighted by molar-refractivity contribution is 5.68. The van der Waals surface area contributed by atoms with Gasteiger partial charge in [0.15, 0.2) is 11.5 Å². The Morgan fingerprint density at radius 2 is 1.72 bits per heavy atom. The highest BCUT2D eigenvalue weighted by Crippen LogP contribution is 2.36. The van der Waals surface area contributed by atoms with Gasteiger partial charge in [-0.2, -0.15) is 0 Å². The summed E-state index contributed by atoms with van der Waals surface area (Å²) in [4.78, 5) is 4.29. The van der Waals surface area contributed by atoms with E-state index in [2.05, 4.69) is 46.7 Å². The molecule has 0 radical (unpaired) electrons. The topological polar surface area (TPSA) is 52.6 Å². The number of hydrogen-bond acceptors (Lipinski definition) is 5. The highest BCUT2D eigenvalue weighted by atomic mass is 16.5. The molecule has 1 unspecified atom stereocenters. The van der Waals surface area contributed by atoms with E-state index in [1.807, 2.05) is 12.1 Å². The molecule has 1 aromatic heterocycles. The van der Waals surface area contributed by atoms with Crippen molar-refractivity contribution in [3.63, 3.8) is 0 Å². The second kappa shape index (κ2) is 8.53. The smallest absolute Gasteiger partial charge is 0.221 e. The van der Waals surface area contributed by atoms with Crippen LogP contribution in [0, 0.1) is 0 Å². The first-order chi connectivity index (χ1) is 14.2. The van der Waals surface area contributed by atoms with Crippen LogP contribution in [0.15, 0.2) is 54.7 Å². The number of pyridine rings is 1. The van der Waals surface area contributed by atoms with E-state index in [1.54, 1.807) is 27.5 Å². The molecule has 4 rings (SSSR count). The zero-order chi connectivity index (χ0) is 20.2. The van der Waals surface area contributed by atoms with Gasteiger partial charge in [-0.15, -0.1) is 0 Å². The number of hydrogen-bond donors (Lipinski definition) is 1. The van der Waals surface area contributed by atoms with Gasteiger partial charge in [0.2, 0.25) is 5.88 Å². The van der Waals surface area contributed by atoms with Crippen LogP contribution in [0.4, 0.5) is 0 Å². The van der Waals surface area contributed by atoms with Gasteiger partial charge < -0.3 is 19.5 Å². The van der Waals surface area contributed by atoms with Crippen molar-refractivity contribution in [2.45, 2.75) is 18.9 Å². The summed E-state index contributed by atoms with van der Waals surface area (Å²) in [5.74, 6) is 2.21. The van der Waals surface area contributed by atoms with Gasteiger partial charge >= 0.3 is 0 Å². The lowest BCUT2D eigenvalue weighted by atomic mass is 9.89. The molecule has 1 aliphatic heterocycles. The standard InChI is InChI=1S/C24H26N2O3/c1-27-22-14-18-10-12-25-21(20(18)15-23(22)28-2)13-16-6-8-17(9-7-16)19-5-4-11-26-24(19)29-3/h4-9,11,14-15,21,25H,10,12-13H2,1-3H3. The van der Waals surface area contributed by atoms with Crippen LogP contribution in [0.5, 0.6) is 17.4 Å². The van der Waals surface area contributed by atoms with Crippen LogP contribution in [-0.2, 0) is 12.8 Å². The predicted molar refractivity (Wildman–Crippen MR) is 114 cm³/mol. The lowest BCUT2D eigenvalue weighted by Crippen LogP contribution is -2.31. The Morgan fingerprint density at radius 1 is 0.966 bits per heavy atom. The third kappa shape index (κ3) is 3.91. The molecule has 0 bridgehead atoms. The van der Waals surface area contributed by atoms with E-state index >= 15 is 0 Å². The monoisotopic (exact) mass is 390 g/mol. The fourth-order valence-electron chi connectivity index (χ4n) is 3.98. The molecule has 1 N–H and O–H groups in total. The van der Waals surface area contributed by atoms with Crippen LogP contribution in [0.2, 0.25) is 0 Å². The maximum Gasteiger partial charge on any atom is 0.221 e. The Labute approximate surface area is 171 Å². The molecule has 0 aliphatic carbocycles. The quantitative estimate of drug-likeness (QED) is 0.684. The average molecular weight is 390 g/mol. The Kier molecular flexibility index (Phi) is 5.67. The van der Waals surface area contributed by atoms with Crippen molar-refractivity contribution < 1.29 is 14.2 Å². The third-order valence-electron chi connectivity index (χ3n) is 5.48. The summed E-state index contributed by atoms with van der Waals surface area (Å²) in [6.45, 7) is 0.956. The van der Waals surface area contributed by atoms with Gasteiger partial charge in [0, 0.05) is 17.8 Å². The van der Waals surface area contributed by atoms with Crippen molar-refractivity contribution in [2.75, 3.05) is 27.9 Å². The summed E-state index contributed by atoms with van der Waals surface area (Å²) in [5, 5.41) is 3.65. The van der Waals surface area contributed by atoms with Gasteiger partial charge in [-0.05, 0) is 65.9 Å². The molecule has 3 aromatic rings. The van der Waals surface area contributed by atoms with Gasteiger partial charge in [0.25, 0.3) is 0 Å². The molecule has 150 valence electrons. The lowest BCUT2D eigenvalue weighted by Gasteiger charge is -2.28. The van der Waals surface area contributed by atoms with Crippen molar-refractivity contribution in [3.05, 3.63) is 71.4 Å². The normalized spacial score (nSPS) is 15.5. The van der Waals surface area contributed by atoms with Crippen LogP contribution < -0.4 is 19.5 Å². The summed E-state index contributed by atoms with van der Waals surface area (Å²) >= 11 is 0. The van der Waals surface area contributed by atoms with Crippen LogP contribution in [-0.4, -0.2) is 32.9 Å². The summed E-state index contributed by atoms with van der Waals surface area (Å²) in [6, 6.07) is 17.0. The number of nitrogens with one attached hydrogen (secondary N) is 1. The largest absolute Gasteiger partial charge is 0.493 e. The van der Waals surface area contributed by atoms with Crippen LogP contribution in [0.1, 0.15) is 22.7 Å². The minimum Gasteiger partial charge on any atom is -0.493 e. The maximum atomic E-state index is 5.52. The van der Waals surface area contributed by atoms with Crippen molar-refractivity contribution in [1.82, 2.24) is 10.3 Å². The molecule has 0 saturated carbocycles. The number of fused-ring (bicyclic) bond motifs is 1. The third-order valence-corrected chi connectivity index (χ3v) is 5.48.